The first-order valence-corrected chi connectivity index (χ1v) is 7.46. The normalized spacial score (nSPS) is 11.1. The molecule has 0 unspecified atom stereocenters. The Balaban J connectivity index is 1.84. The number of thiophene rings is 1. The molecule has 4 rings (SSSR count). The van der Waals surface area contributed by atoms with Gasteiger partial charge in [-0.1, -0.05) is 18.2 Å². The Kier molecular flexibility index (Phi) is 2.90. The minimum atomic E-state index is -0.490. The lowest BCUT2D eigenvalue weighted by molar-refractivity contribution is 0.547. The highest BCUT2D eigenvalue weighted by molar-refractivity contribution is 7.15. The molecule has 4 aromatic rings. The van der Waals surface area contributed by atoms with Crippen molar-refractivity contribution in [2.45, 2.75) is 6.92 Å². The van der Waals surface area contributed by atoms with Crippen LogP contribution in [0, 0.1) is 6.92 Å². The maximum atomic E-state index is 12.1. The molecule has 0 N–H and O–H groups in total. The van der Waals surface area contributed by atoms with E-state index in [4.69, 9.17) is 8.83 Å². The molecule has 1 aromatic carbocycles. The van der Waals surface area contributed by atoms with Crippen molar-refractivity contribution in [2.75, 3.05) is 0 Å². The molecule has 3 aromatic heterocycles. The Morgan fingerprint density at radius 1 is 1.00 bits per heavy atom. The van der Waals surface area contributed by atoms with E-state index in [0.717, 1.165) is 15.1 Å². The summed E-state index contributed by atoms with van der Waals surface area (Å²) in [6.45, 7) is 2.00. The van der Waals surface area contributed by atoms with Gasteiger partial charge in [-0.2, -0.15) is 0 Å². The minimum Gasteiger partial charge on any atom is -0.422 e. The van der Waals surface area contributed by atoms with Crippen LogP contribution in [0.5, 0.6) is 0 Å². The molecular formula is C16H10N2O3S. The number of para-hydroxylation sites is 1. The molecule has 0 saturated heterocycles. The third kappa shape index (κ3) is 2.14. The zero-order valence-corrected chi connectivity index (χ0v) is 12.4. The van der Waals surface area contributed by atoms with Crippen LogP contribution in [0.4, 0.5) is 0 Å². The summed E-state index contributed by atoms with van der Waals surface area (Å²) in [5, 5.41) is 8.79. The van der Waals surface area contributed by atoms with Crippen LogP contribution < -0.4 is 5.63 Å². The first-order chi connectivity index (χ1) is 10.7. The highest BCUT2D eigenvalue weighted by Crippen LogP contribution is 2.29. The fourth-order valence-corrected chi connectivity index (χ4v) is 2.98. The summed E-state index contributed by atoms with van der Waals surface area (Å²) < 4.78 is 10.9. The van der Waals surface area contributed by atoms with Gasteiger partial charge in [-0.3, -0.25) is 0 Å². The molecule has 0 aliphatic heterocycles. The fourth-order valence-electron chi connectivity index (χ4n) is 2.19. The molecule has 0 fully saturated rings. The van der Waals surface area contributed by atoms with Crippen LogP contribution >= 0.6 is 11.3 Å². The molecule has 0 saturated carbocycles. The summed E-state index contributed by atoms with van der Waals surface area (Å²) in [7, 11) is 0. The molecule has 6 heteroatoms. The van der Waals surface area contributed by atoms with Gasteiger partial charge in [-0.05, 0) is 31.2 Å². The van der Waals surface area contributed by atoms with Gasteiger partial charge in [-0.25, -0.2) is 4.79 Å². The van der Waals surface area contributed by atoms with Gasteiger partial charge in [0.05, 0.1) is 4.88 Å². The molecule has 0 amide bonds. The third-order valence-corrected chi connectivity index (χ3v) is 4.24. The van der Waals surface area contributed by atoms with Crippen molar-refractivity contribution in [3.05, 3.63) is 57.8 Å². The van der Waals surface area contributed by atoms with Gasteiger partial charge in [-0.15, -0.1) is 21.5 Å². The minimum absolute atomic E-state index is 0.167. The summed E-state index contributed by atoms with van der Waals surface area (Å²) in [6.07, 6.45) is 0. The zero-order valence-electron chi connectivity index (χ0n) is 11.6. The van der Waals surface area contributed by atoms with E-state index in [1.807, 2.05) is 37.3 Å². The van der Waals surface area contributed by atoms with Crippen LogP contribution in [-0.2, 0) is 0 Å². The van der Waals surface area contributed by atoms with Crippen LogP contribution in [0.2, 0.25) is 0 Å². The maximum Gasteiger partial charge on any atom is 0.349 e. The number of fused-ring (bicyclic) bond motifs is 1. The van der Waals surface area contributed by atoms with Crippen molar-refractivity contribution in [2.24, 2.45) is 0 Å². The largest absolute Gasteiger partial charge is 0.422 e. The summed E-state index contributed by atoms with van der Waals surface area (Å²) in [6, 6.07) is 12.9. The average molecular weight is 310 g/mol. The van der Waals surface area contributed by atoms with Gasteiger partial charge in [0.2, 0.25) is 0 Å². The second-order valence-electron chi connectivity index (χ2n) is 4.81. The Morgan fingerprint density at radius 2 is 1.82 bits per heavy atom. The summed E-state index contributed by atoms with van der Waals surface area (Å²) in [4.78, 5) is 14.1. The number of benzene rings is 1. The summed E-state index contributed by atoms with van der Waals surface area (Å²) >= 11 is 1.56. The molecule has 0 aliphatic carbocycles. The van der Waals surface area contributed by atoms with Gasteiger partial charge in [0.25, 0.3) is 11.8 Å². The Morgan fingerprint density at radius 3 is 2.64 bits per heavy atom. The van der Waals surface area contributed by atoms with Crippen molar-refractivity contribution in [3.63, 3.8) is 0 Å². The molecule has 0 radical (unpaired) electrons. The van der Waals surface area contributed by atoms with Gasteiger partial charge in [0.1, 0.15) is 11.1 Å². The topological polar surface area (TPSA) is 69.1 Å². The monoisotopic (exact) mass is 310 g/mol. The second-order valence-corrected chi connectivity index (χ2v) is 6.10. The number of nitrogens with zero attached hydrogens (tertiary/aromatic N) is 2. The zero-order chi connectivity index (χ0) is 15.1. The molecule has 108 valence electrons. The van der Waals surface area contributed by atoms with Crippen LogP contribution in [0.3, 0.4) is 0 Å². The van der Waals surface area contributed by atoms with E-state index in [9.17, 15) is 4.79 Å². The SMILES string of the molecule is Cc1ccc(-c2nnc(-c3cc4ccccc4oc3=O)o2)s1. The highest BCUT2D eigenvalue weighted by Gasteiger charge is 2.16. The fraction of sp³-hybridized carbons (Fsp3) is 0.0625. The molecule has 0 bridgehead atoms. The smallest absolute Gasteiger partial charge is 0.349 e. The van der Waals surface area contributed by atoms with Gasteiger partial charge in [0, 0.05) is 10.3 Å². The van der Waals surface area contributed by atoms with E-state index < -0.39 is 5.63 Å². The third-order valence-electron chi connectivity index (χ3n) is 3.25. The summed E-state index contributed by atoms with van der Waals surface area (Å²) in [5.74, 6) is 0.571. The van der Waals surface area contributed by atoms with Crippen LogP contribution in [-0.4, -0.2) is 10.2 Å². The first kappa shape index (κ1) is 13.0. The van der Waals surface area contributed by atoms with Gasteiger partial charge >= 0.3 is 5.63 Å². The number of aromatic nitrogens is 2. The van der Waals surface area contributed by atoms with Crippen molar-refractivity contribution in [1.29, 1.82) is 0 Å². The number of hydrogen-bond donors (Lipinski definition) is 0. The van der Waals surface area contributed by atoms with Gasteiger partial charge in [0.15, 0.2) is 0 Å². The number of rotatable bonds is 2. The van der Waals surface area contributed by atoms with Crippen molar-refractivity contribution in [3.8, 4) is 22.2 Å². The lowest BCUT2D eigenvalue weighted by atomic mass is 10.2. The predicted molar refractivity (Wildman–Crippen MR) is 83.8 cm³/mol. The van der Waals surface area contributed by atoms with Crippen LogP contribution in [0.25, 0.3) is 33.2 Å². The molecule has 0 atom stereocenters. The van der Waals surface area contributed by atoms with Crippen molar-refractivity contribution >= 4 is 22.3 Å². The number of aryl methyl sites for hydroxylation is 1. The lowest BCUT2D eigenvalue weighted by Gasteiger charge is -1.97. The van der Waals surface area contributed by atoms with E-state index >= 15 is 0 Å². The van der Waals surface area contributed by atoms with E-state index in [-0.39, 0.29) is 11.5 Å². The molecular weight excluding hydrogens is 300 g/mol. The molecule has 0 spiro atoms. The second kappa shape index (κ2) is 4.92. The standard InChI is InChI=1S/C16H10N2O3S/c1-9-6-7-13(22-9)15-18-17-14(21-15)11-8-10-4-2-3-5-12(10)20-16(11)19/h2-8H,1H3. The lowest BCUT2D eigenvalue weighted by Crippen LogP contribution is -2.02. The first-order valence-electron chi connectivity index (χ1n) is 6.64. The Labute approximate surface area is 128 Å². The van der Waals surface area contributed by atoms with Crippen LogP contribution in [0.1, 0.15) is 4.88 Å². The molecule has 5 nitrogen and oxygen atoms in total. The van der Waals surface area contributed by atoms with E-state index in [1.54, 1.807) is 23.5 Å². The Hall–Kier alpha value is -2.73. The Bertz CT molecular complexity index is 1030. The average Bonchev–Trinajstić information content (AvgIpc) is 3.15. The van der Waals surface area contributed by atoms with Gasteiger partial charge < -0.3 is 8.83 Å². The number of hydrogen-bond acceptors (Lipinski definition) is 6. The quantitative estimate of drug-likeness (QED) is 0.525. The molecule has 22 heavy (non-hydrogen) atoms. The van der Waals surface area contributed by atoms with E-state index in [1.165, 1.54) is 0 Å². The van der Waals surface area contributed by atoms with Crippen LogP contribution in [0.15, 0.2) is 56.1 Å². The predicted octanol–water partition coefficient (Wildman–Crippen LogP) is 3.88. The summed E-state index contributed by atoms with van der Waals surface area (Å²) in [5.41, 5.74) is 0.312. The van der Waals surface area contributed by atoms with E-state index in [2.05, 4.69) is 10.2 Å². The maximum absolute atomic E-state index is 12.1. The molecule has 3 heterocycles. The molecule has 0 aliphatic rings. The highest BCUT2D eigenvalue weighted by atomic mass is 32.1. The van der Waals surface area contributed by atoms with Crippen molar-refractivity contribution < 1.29 is 8.83 Å². The van der Waals surface area contributed by atoms with E-state index in [0.29, 0.717) is 11.5 Å². The van der Waals surface area contributed by atoms with Crippen molar-refractivity contribution in [1.82, 2.24) is 10.2 Å².